The molecule has 5 heteroatoms. The lowest BCUT2D eigenvalue weighted by Gasteiger charge is -2.24. The molecule has 0 bridgehead atoms. The molecule has 0 saturated carbocycles. The number of benzene rings is 1. The summed E-state index contributed by atoms with van der Waals surface area (Å²) in [6.07, 6.45) is 2.10. The van der Waals surface area contributed by atoms with E-state index in [4.69, 9.17) is 4.74 Å². The zero-order valence-corrected chi connectivity index (χ0v) is 11.8. The maximum absolute atomic E-state index is 11.9. The van der Waals surface area contributed by atoms with Gasteiger partial charge in [-0.1, -0.05) is 30.9 Å². The highest BCUT2D eigenvalue weighted by Gasteiger charge is 2.31. The average molecular weight is 283 g/mol. The quantitative estimate of drug-likeness (QED) is 0.848. The molecule has 2 N–H and O–H groups in total. The number of ether oxygens (including phenoxy) is 1. The molecule has 1 aromatic heterocycles. The Morgan fingerprint density at radius 2 is 2.29 bits per heavy atom. The first-order valence-electron chi connectivity index (χ1n) is 6.88. The maximum Gasteiger partial charge on any atom is 0.226 e. The Hall–Kier alpha value is -2.56. The number of rotatable bonds is 4. The minimum absolute atomic E-state index is 0.0301. The Bertz CT molecular complexity index is 691. The van der Waals surface area contributed by atoms with Crippen molar-refractivity contribution < 1.29 is 9.53 Å². The van der Waals surface area contributed by atoms with Crippen LogP contribution in [0.5, 0.6) is 5.75 Å². The summed E-state index contributed by atoms with van der Waals surface area (Å²) < 4.78 is 5.73. The van der Waals surface area contributed by atoms with E-state index < -0.39 is 0 Å². The Balaban J connectivity index is 2.06. The molecule has 3 rings (SSSR count). The van der Waals surface area contributed by atoms with Gasteiger partial charge in [-0.25, -0.2) is 0 Å². The largest absolute Gasteiger partial charge is 0.489 e. The van der Waals surface area contributed by atoms with Crippen LogP contribution in [0.4, 0.5) is 5.82 Å². The number of aromatic amines is 1. The van der Waals surface area contributed by atoms with Crippen LogP contribution in [-0.2, 0) is 4.79 Å². The van der Waals surface area contributed by atoms with Crippen LogP contribution in [0.25, 0.3) is 0 Å². The third-order valence-electron chi connectivity index (χ3n) is 3.64. The van der Waals surface area contributed by atoms with E-state index in [0.717, 1.165) is 22.6 Å². The number of aromatic nitrogens is 2. The number of fused-ring (bicyclic) bond motifs is 1. The number of nitrogens with one attached hydrogen (secondary N) is 2. The van der Waals surface area contributed by atoms with Gasteiger partial charge in [-0.05, 0) is 13.0 Å². The Morgan fingerprint density at radius 3 is 3.10 bits per heavy atom. The number of amides is 1. The van der Waals surface area contributed by atoms with Gasteiger partial charge in [-0.2, -0.15) is 5.10 Å². The van der Waals surface area contributed by atoms with Crippen molar-refractivity contribution in [3.8, 4) is 5.75 Å². The Morgan fingerprint density at radius 1 is 1.48 bits per heavy atom. The molecule has 0 radical (unpaired) electrons. The maximum atomic E-state index is 11.9. The molecule has 0 spiro atoms. The second-order valence-corrected chi connectivity index (χ2v) is 5.05. The van der Waals surface area contributed by atoms with E-state index in [9.17, 15) is 4.79 Å². The van der Waals surface area contributed by atoms with Crippen LogP contribution in [-0.4, -0.2) is 22.7 Å². The molecule has 1 unspecified atom stereocenters. The molecule has 1 amide bonds. The fourth-order valence-electron chi connectivity index (χ4n) is 2.74. The van der Waals surface area contributed by atoms with Crippen LogP contribution in [0.15, 0.2) is 36.9 Å². The normalized spacial score (nSPS) is 17.0. The third-order valence-corrected chi connectivity index (χ3v) is 3.64. The van der Waals surface area contributed by atoms with Gasteiger partial charge >= 0.3 is 0 Å². The lowest BCUT2D eigenvalue weighted by Crippen LogP contribution is -2.23. The summed E-state index contributed by atoms with van der Waals surface area (Å²) in [6, 6.07) is 7.80. The summed E-state index contributed by atoms with van der Waals surface area (Å²) in [6.45, 7) is 6.07. The van der Waals surface area contributed by atoms with E-state index in [1.54, 1.807) is 6.08 Å². The number of hydrogen-bond donors (Lipinski definition) is 2. The molecular weight excluding hydrogens is 266 g/mol. The van der Waals surface area contributed by atoms with E-state index >= 15 is 0 Å². The van der Waals surface area contributed by atoms with Gasteiger partial charge in [-0.15, -0.1) is 0 Å². The van der Waals surface area contributed by atoms with Crippen LogP contribution < -0.4 is 10.1 Å². The summed E-state index contributed by atoms with van der Waals surface area (Å²) >= 11 is 0. The molecular formula is C16H17N3O2. The number of carbonyl (C=O) groups excluding carboxylic acids is 1. The minimum Gasteiger partial charge on any atom is -0.489 e. The summed E-state index contributed by atoms with van der Waals surface area (Å²) in [7, 11) is 0. The van der Waals surface area contributed by atoms with Gasteiger partial charge in [0, 0.05) is 29.2 Å². The third kappa shape index (κ3) is 2.42. The van der Waals surface area contributed by atoms with Gasteiger partial charge in [0.05, 0.1) is 0 Å². The molecule has 0 aliphatic carbocycles. The van der Waals surface area contributed by atoms with E-state index in [1.807, 2.05) is 31.2 Å². The van der Waals surface area contributed by atoms with Crippen molar-refractivity contribution in [2.24, 2.45) is 0 Å². The fraction of sp³-hybridized carbons (Fsp3) is 0.250. The summed E-state index contributed by atoms with van der Waals surface area (Å²) in [4.78, 5) is 11.9. The Labute approximate surface area is 123 Å². The van der Waals surface area contributed by atoms with Crippen molar-refractivity contribution in [2.75, 3.05) is 11.9 Å². The molecule has 1 aliphatic rings. The number of nitrogens with zero attached hydrogens (tertiary/aromatic N) is 1. The lowest BCUT2D eigenvalue weighted by molar-refractivity contribution is -0.116. The second-order valence-electron chi connectivity index (χ2n) is 5.05. The predicted octanol–water partition coefficient (Wildman–Crippen LogP) is 2.76. The number of carbonyl (C=O) groups is 1. The number of anilines is 1. The van der Waals surface area contributed by atoms with Crippen molar-refractivity contribution in [2.45, 2.75) is 19.3 Å². The molecule has 108 valence electrons. The molecule has 1 aromatic carbocycles. The molecule has 5 nitrogen and oxygen atoms in total. The van der Waals surface area contributed by atoms with Crippen LogP contribution in [0.1, 0.15) is 29.2 Å². The SMILES string of the molecule is C=CCOc1ccccc1C1CC(=O)Nc2n[nH]c(C)c21. The highest BCUT2D eigenvalue weighted by Crippen LogP contribution is 2.41. The van der Waals surface area contributed by atoms with Crippen molar-refractivity contribution in [3.05, 3.63) is 53.7 Å². The van der Waals surface area contributed by atoms with Crippen molar-refractivity contribution >= 4 is 11.7 Å². The first-order valence-corrected chi connectivity index (χ1v) is 6.88. The standard InChI is InChI=1S/C16H17N3O2/c1-3-8-21-13-7-5-4-6-11(13)12-9-14(20)17-16-15(12)10(2)18-19-16/h3-7,12H,1,8-9H2,2H3,(H2,17,18,19,20). The molecule has 21 heavy (non-hydrogen) atoms. The van der Waals surface area contributed by atoms with Gasteiger partial charge in [0.1, 0.15) is 12.4 Å². The topological polar surface area (TPSA) is 67.0 Å². The van der Waals surface area contributed by atoms with Crippen molar-refractivity contribution in [1.82, 2.24) is 10.2 Å². The van der Waals surface area contributed by atoms with E-state index in [-0.39, 0.29) is 11.8 Å². The molecule has 1 atom stereocenters. The molecule has 2 aromatic rings. The van der Waals surface area contributed by atoms with Gasteiger partial charge < -0.3 is 10.1 Å². The van der Waals surface area contributed by atoms with Gasteiger partial charge in [0.2, 0.25) is 5.91 Å². The number of aryl methyl sites for hydroxylation is 1. The number of para-hydroxylation sites is 1. The minimum atomic E-state index is -0.0477. The summed E-state index contributed by atoms with van der Waals surface area (Å²) in [5.41, 5.74) is 3.00. The van der Waals surface area contributed by atoms with E-state index in [2.05, 4.69) is 22.1 Å². The average Bonchev–Trinajstić information content (AvgIpc) is 2.86. The van der Waals surface area contributed by atoms with Gasteiger partial charge in [0.25, 0.3) is 0 Å². The fourth-order valence-corrected chi connectivity index (χ4v) is 2.74. The van der Waals surface area contributed by atoms with Crippen molar-refractivity contribution in [1.29, 1.82) is 0 Å². The van der Waals surface area contributed by atoms with Gasteiger partial charge in [0.15, 0.2) is 5.82 Å². The van der Waals surface area contributed by atoms with Crippen LogP contribution in [0, 0.1) is 6.92 Å². The second kappa shape index (κ2) is 5.44. The lowest BCUT2D eigenvalue weighted by atomic mass is 9.85. The monoisotopic (exact) mass is 283 g/mol. The first kappa shape index (κ1) is 13.4. The van der Waals surface area contributed by atoms with Gasteiger partial charge in [-0.3, -0.25) is 9.89 Å². The zero-order valence-electron chi connectivity index (χ0n) is 11.8. The number of H-pyrrole nitrogens is 1. The van der Waals surface area contributed by atoms with Crippen LogP contribution in [0.2, 0.25) is 0 Å². The van der Waals surface area contributed by atoms with Crippen LogP contribution >= 0.6 is 0 Å². The summed E-state index contributed by atoms with van der Waals surface area (Å²) in [5, 5.41) is 9.91. The summed E-state index contributed by atoms with van der Waals surface area (Å²) in [5.74, 6) is 1.32. The molecule has 2 heterocycles. The highest BCUT2D eigenvalue weighted by atomic mass is 16.5. The first-order chi connectivity index (χ1) is 10.2. The zero-order chi connectivity index (χ0) is 14.8. The smallest absolute Gasteiger partial charge is 0.226 e. The molecule has 1 aliphatic heterocycles. The highest BCUT2D eigenvalue weighted by molar-refractivity contribution is 5.94. The van der Waals surface area contributed by atoms with Crippen LogP contribution in [0.3, 0.4) is 0 Å². The van der Waals surface area contributed by atoms with E-state index in [0.29, 0.717) is 18.8 Å². The Kier molecular flexibility index (Phi) is 3.48. The molecule has 0 saturated heterocycles. The molecule has 0 fully saturated rings. The van der Waals surface area contributed by atoms with E-state index in [1.165, 1.54) is 0 Å². The predicted molar refractivity (Wildman–Crippen MR) is 80.5 cm³/mol. The van der Waals surface area contributed by atoms with Crippen molar-refractivity contribution in [3.63, 3.8) is 0 Å². The number of hydrogen-bond acceptors (Lipinski definition) is 3.